The summed E-state index contributed by atoms with van der Waals surface area (Å²) in [5.41, 5.74) is 0.912. The van der Waals surface area contributed by atoms with Crippen LogP contribution >= 0.6 is 11.6 Å². The maximum atomic E-state index is 11.1. The van der Waals surface area contributed by atoms with E-state index in [1.807, 2.05) is 18.2 Å². The molecule has 0 amide bonds. The molecule has 0 spiro atoms. The minimum atomic E-state index is -0.364. The first kappa shape index (κ1) is 18.7. The Kier molecular flexibility index (Phi) is 9.11. The van der Waals surface area contributed by atoms with Crippen LogP contribution in [-0.4, -0.2) is 32.2 Å². The molecule has 0 aliphatic rings. The first-order valence-corrected chi connectivity index (χ1v) is 7.58. The van der Waals surface area contributed by atoms with Crippen LogP contribution in [0.5, 0.6) is 11.5 Å². The number of halogens is 1. The van der Waals surface area contributed by atoms with E-state index < -0.39 is 0 Å². The van der Waals surface area contributed by atoms with Crippen LogP contribution < -0.4 is 9.47 Å². The maximum Gasteiger partial charge on any atom is 0.330 e. The number of hydrogen-bond acceptors (Lipinski definition) is 4. The molecule has 4 nitrogen and oxygen atoms in total. The molecule has 0 saturated carbocycles. The second-order valence-corrected chi connectivity index (χ2v) is 4.42. The summed E-state index contributed by atoms with van der Waals surface area (Å²) < 4.78 is 15.6. The molecule has 122 valence electrons. The molecular formula is C18H19ClO4. The van der Waals surface area contributed by atoms with Gasteiger partial charge in [-0.1, -0.05) is 36.1 Å². The largest absolute Gasteiger partial charge is 0.493 e. The smallest absolute Gasteiger partial charge is 0.330 e. The van der Waals surface area contributed by atoms with Crippen molar-refractivity contribution in [2.75, 3.05) is 26.2 Å². The van der Waals surface area contributed by atoms with E-state index in [1.165, 1.54) is 6.08 Å². The number of alkyl halides is 1. The predicted octanol–water partition coefficient (Wildman–Crippen LogP) is 3.45. The molecule has 0 unspecified atom stereocenters. The molecule has 0 bridgehead atoms. The standard InChI is InChI=1S/C18H19ClO4/c1-3-22-18(20)9-5-4-8-15-10-11-16(17(14-15)21-2)23-13-7-6-12-19/h4-5,8-11,14H,3,12-13H2,1-2H3. The lowest BCUT2D eigenvalue weighted by Gasteiger charge is -2.09. The van der Waals surface area contributed by atoms with Gasteiger partial charge in [-0.15, -0.1) is 11.6 Å². The zero-order valence-electron chi connectivity index (χ0n) is 13.2. The summed E-state index contributed by atoms with van der Waals surface area (Å²) in [7, 11) is 1.57. The zero-order chi connectivity index (χ0) is 16.9. The topological polar surface area (TPSA) is 44.8 Å². The Bertz CT molecular complexity index is 624. The van der Waals surface area contributed by atoms with E-state index in [0.717, 1.165) is 5.56 Å². The van der Waals surface area contributed by atoms with Crippen molar-refractivity contribution < 1.29 is 19.0 Å². The van der Waals surface area contributed by atoms with Crippen molar-refractivity contribution in [3.8, 4) is 23.3 Å². The van der Waals surface area contributed by atoms with Crippen LogP contribution in [0.3, 0.4) is 0 Å². The highest BCUT2D eigenvalue weighted by atomic mass is 35.5. The number of methoxy groups -OCH3 is 1. The second-order valence-electron chi connectivity index (χ2n) is 4.16. The average Bonchev–Trinajstić information content (AvgIpc) is 2.56. The molecule has 0 atom stereocenters. The van der Waals surface area contributed by atoms with Gasteiger partial charge >= 0.3 is 5.97 Å². The third-order valence-electron chi connectivity index (χ3n) is 2.60. The monoisotopic (exact) mass is 334 g/mol. The molecule has 1 aromatic rings. The lowest BCUT2D eigenvalue weighted by Crippen LogP contribution is -1.98. The van der Waals surface area contributed by atoms with Crippen molar-refractivity contribution in [1.82, 2.24) is 0 Å². The summed E-state index contributed by atoms with van der Waals surface area (Å²) in [5.74, 6) is 6.63. The van der Waals surface area contributed by atoms with Gasteiger partial charge in [0.2, 0.25) is 0 Å². The molecule has 0 radical (unpaired) electrons. The van der Waals surface area contributed by atoms with E-state index in [9.17, 15) is 4.79 Å². The Labute approximate surface area is 141 Å². The lowest BCUT2D eigenvalue weighted by molar-refractivity contribution is -0.137. The van der Waals surface area contributed by atoms with Gasteiger partial charge < -0.3 is 14.2 Å². The molecule has 0 saturated heterocycles. The first-order chi connectivity index (χ1) is 11.2. The van der Waals surface area contributed by atoms with Gasteiger partial charge in [0.1, 0.15) is 6.61 Å². The normalized spacial score (nSPS) is 10.4. The Morgan fingerprint density at radius 1 is 1.26 bits per heavy atom. The van der Waals surface area contributed by atoms with E-state index in [-0.39, 0.29) is 18.5 Å². The van der Waals surface area contributed by atoms with Gasteiger partial charge in [0.05, 0.1) is 19.6 Å². The van der Waals surface area contributed by atoms with Crippen LogP contribution in [0, 0.1) is 11.8 Å². The number of benzene rings is 1. The van der Waals surface area contributed by atoms with Crippen LogP contribution in [0.25, 0.3) is 6.08 Å². The molecular weight excluding hydrogens is 316 g/mol. The van der Waals surface area contributed by atoms with E-state index in [0.29, 0.717) is 18.1 Å². The number of allylic oxidation sites excluding steroid dienone is 2. The van der Waals surface area contributed by atoms with Crippen LogP contribution in [0.15, 0.2) is 36.4 Å². The molecule has 0 aromatic heterocycles. The van der Waals surface area contributed by atoms with Gasteiger partial charge in [0.25, 0.3) is 0 Å². The quantitative estimate of drug-likeness (QED) is 0.252. The number of carbonyl (C=O) groups is 1. The highest BCUT2D eigenvalue weighted by molar-refractivity contribution is 6.19. The minimum Gasteiger partial charge on any atom is -0.493 e. The highest BCUT2D eigenvalue weighted by Crippen LogP contribution is 2.28. The molecule has 5 heteroatoms. The molecule has 1 rings (SSSR count). The first-order valence-electron chi connectivity index (χ1n) is 7.05. The Morgan fingerprint density at radius 2 is 2.09 bits per heavy atom. The molecule has 0 N–H and O–H groups in total. The number of rotatable bonds is 7. The predicted molar refractivity (Wildman–Crippen MR) is 91.8 cm³/mol. The number of ether oxygens (including phenoxy) is 3. The van der Waals surface area contributed by atoms with Crippen molar-refractivity contribution >= 4 is 23.6 Å². The molecule has 1 aromatic carbocycles. The number of esters is 1. The van der Waals surface area contributed by atoms with E-state index >= 15 is 0 Å². The second kappa shape index (κ2) is 11.2. The van der Waals surface area contributed by atoms with Gasteiger partial charge in [-0.3, -0.25) is 0 Å². The van der Waals surface area contributed by atoms with Crippen LogP contribution in [-0.2, 0) is 9.53 Å². The minimum absolute atomic E-state index is 0.251. The molecule has 0 heterocycles. The van der Waals surface area contributed by atoms with E-state index in [1.54, 1.807) is 32.3 Å². The average molecular weight is 335 g/mol. The van der Waals surface area contributed by atoms with Crippen LogP contribution in [0.1, 0.15) is 12.5 Å². The summed E-state index contributed by atoms with van der Waals surface area (Å²) in [4.78, 5) is 11.1. The van der Waals surface area contributed by atoms with Crippen LogP contribution in [0.2, 0.25) is 0 Å². The SMILES string of the molecule is CCOC(=O)C=CC=Cc1ccc(OCC#CCCl)c(OC)c1. The van der Waals surface area contributed by atoms with Gasteiger partial charge in [-0.05, 0) is 24.6 Å². The van der Waals surface area contributed by atoms with E-state index in [4.69, 9.17) is 25.8 Å². The third kappa shape index (κ3) is 7.44. The fourth-order valence-electron chi connectivity index (χ4n) is 1.61. The maximum absolute atomic E-state index is 11.1. The molecule has 23 heavy (non-hydrogen) atoms. The van der Waals surface area contributed by atoms with Gasteiger partial charge in [0, 0.05) is 6.08 Å². The summed E-state index contributed by atoms with van der Waals surface area (Å²) >= 11 is 5.46. The van der Waals surface area contributed by atoms with Crippen molar-refractivity contribution in [2.24, 2.45) is 0 Å². The highest BCUT2D eigenvalue weighted by Gasteiger charge is 2.03. The number of carbonyl (C=O) groups excluding carboxylic acids is 1. The third-order valence-corrected chi connectivity index (χ3v) is 2.73. The molecule has 0 aliphatic heterocycles. The summed E-state index contributed by atoms with van der Waals surface area (Å²) in [6, 6.07) is 5.51. The van der Waals surface area contributed by atoms with Gasteiger partial charge in [-0.25, -0.2) is 4.79 Å². The zero-order valence-corrected chi connectivity index (χ0v) is 13.9. The van der Waals surface area contributed by atoms with E-state index in [2.05, 4.69) is 11.8 Å². The van der Waals surface area contributed by atoms with Crippen molar-refractivity contribution in [2.45, 2.75) is 6.92 Å². The number of hydrogen-bond donors (Lipinski definition) is 0. The van der Waals surface area contributed by atoms with Gasteiger partial charge in [-0.2, -0.15) is 0 Å². The van der Waals surface area contributed by atoms with Gasteiger partial charge in [0.15, 0.2) is 11.5 Å². The van der Waals surface area contributed by atoms with Crippen molar-refractivity contribution in [1.29, 1.82) is 0 Å². The van der Waals surface area contributed by atoms with Crippen molar-refractivity contribution in [3.63, 3.8) is 0 Å². The Morgan fingerprint density at radius 3 is 2.78 bits per heavy atom. The van der Waals surface area contributed by atoms with Crippen LogP contribution in [0.4, 0.5) is 0 Å². The molecule has 0 aliphatic carbocycles. The summed E-state index contributed by atoms with van der Waals surface area (Å²) in [5, 5.41) is 0. The fraction of sp³-hybridized carbons (Fsp3) is 0.278. The summed E-state index contributed by atoms with van der Waals surface area (Å²) in [6.45, 7) is 2.38. The fourth-order valence-corrected chi connectivity index (χ4v) is 1.70. The molecule has 0 fully saturated rings. The van der Waals surface area contributed by atoms with Crippen molar-refractivity contribution in [3.05, 3.63) is 42.0 Å². The lowest BCUT2D eigenvalue weighted by atomic mass is 10.2. The Hall–Kier alpha value is -2.38. The summed E-state index contributed by atoms with van der Waals surface area (Å²) in [6.07, 6.45) is 6.58. The Balaban J connectivity index is 2.69.